The Bertz CT molecular complexity index is 967. The number of halogens is 2. The zero-order valence-corrected chi connectivity index (χ0v) is 19.8. The highest BCUT2D eigenvalue weighted by molar-refractivity contribution is 6.35. The van der Waals surface area contributed by atoms with Crippen LogP contribution in [0.2, 0.25) is 10.0 Å². The molecule has 0 aromatic heterocycles. The maximum absolute atomic E-state index is 13.2. The van der Waals surface area contributed by atoms with Gasteiger partial charge < -0.3 is 19.7 Å². The van der Waals surface area contributed by atoms with Crippen molar-refractivity contribution in [3.63, 3.8) is 0 Å². The second-order valence-electron chi connectivity index (χ2n) is 7.77. The number of ether oxygens (including phenoxy) is 2. The van der Waals surface area contributed by atoms with Crippen molar-refractivity contribution < 1.29 is 19.1 Å². The fourth-order valence-corrected chi connectivity index (χ4v) is 3.91. The van der Waals surface area contributed by atoms with Crippen molar-refractivity contribution in [1.82, 2.24) is 10.2 Å². The van der Waals surface area contributed by atoms with E-state index in [2.05, 4.69) is 12.2 Å². The number of carbonyl (C=O) groups excluding carboxylic acids is 2. The van der Waals surface area contributed by atoms with Gasteiger partial charge in [-0.15, -0.1) is 0 Å². The maximum atomic E-state index is 13.2. The monoisotopic (exact) mass is 478 g/mol. The molecule has 0 saturated carbocycles. The van der Waals surface area contributed by atoms with Gasteiger partial charge in [-0.25, -0.2) is 0 Å². The number of carbonyl (C=O) groups is 2. The minimum absolute atomic E-state index is 0.133. The van der Waals surface area contributed by atoms with Crippen molar-refractivity contribution in [2.75, 3.05) is 13.3 Å². The molecule has 0 aliphatic carbocycles. The minimum Gasteiger partial charge on any atom is -0.454 e. The fourth-order valence-electron chi connectivity index (χ4n) is 3.44. The molecule has 8 heteroatoms. The largest absolute Gasteiger partial charge is 0.454 e. The van der Waals surface area contributed by atoms with Gasteiger partial charge in [0.15, 0.2) is 11.5 Å². The summed E-state index contributed by atoms with van der Waals surface area (Å²) >= 11 is 12.4. The van der Waals surface area contributed by atoms with E-state index >= 15 is 0 Å². The van der Waals surface area contributed by atoms with E-state index in [1.807, 2.05) is 18.2 Å². The number of benzene rings is 2. The Labute approximate surface area is 198 Å². The predicted octanol–water partition coefficient (Wildman–Crippen LogP) is 4.99. The molecule has 6 nitrogen and oxygen atoms in total. The SMILES string of the molecule is CCCCNC(=O)C(C)N(Cc1ccc(Cl)cc1Cl)C(=O)CCc1ccc2c(c1)OCO2. The normalized spacial score (nSPS) is 13.0. The van der Waals surface area contributed by atoms with Crippen LogP contribution in [0.4, 0.5) is 0 Å². The number of fused-ring (bicyclic) bond motifs is 1. The van der Waals surface area contributed by atoms with Gasteiger partial charge in [-0.1, -0.05) is 48.7 Å². The van der Waals surface area contributed by atoms with Crippen LogP contribution in [0, 0.1) is 0 Å². The van der Waals surface area contributed by atoms with E-state index in [-0.39, 0.29) is 31.6 Å². The smallest absolute Gasteiger partial charge is 0.242 e. The van der Waals surface area contributed by atoms with Crippen LogP contribution in [0.3, 0.4) is 0 Å². The van der Waals surface area contributed by atoms with Gasteiger partial charge in [0, 0.05) is 29.6 Å². The molecule has 3 rings (SSSR count). The van der Waals surface area contributed by atoms with Gasteiger partial charge in [0.05, 0.1) is 0 Å². The molecular formula is C24H28Cl2N2O4. The number of nitrogens with one attached hydrogen (secondary N) is 1. The summed E-state index contributed by atoms with van der Waals surface area (Å²) in [5, 5.41) is 3.89. The molecule has 0 fully saturated rings. The van der Waals surface area contributed by atoms with Crippen LogP contribution in [0.25, 0.3) is 0 Å². The third-order valence-corrected chi connectivity index (χ3v) is 6.00. The Morgan fingerprint density at radius 3 is 2.66 bits per heavy atom. The molecule has 2 aromatic rings. The molecule has 172 valence electrons. The number of aryl methyl sites for hydroxylation is 1. The van der Waals surface area contributed by atoms with Crippen LogP contribution in [0.5, 0.6) is 11.5 Å². The number of amides is 2. The molecule has 1 heterocycles. The molecule has 1 aliphatic rings. The molecule has 1 N–H and O–H groups in total. The third kappa shape index (κ3) is 6.30. The predicted molar refractivity (Wildman–Crippen MR) is 125 cm³/mol. The van der Waals surface area contributed by atoms with Gasteiger partial charge in [0.25, 0.3) is 0 Å². The Hall–Kier alpha value is -2.44. The topological polar surface area (TPSA) is 67.9 Å². The van der Waals surface area contributed by atoms with Gasteiger partial charge >= 0.3 is 0 Å². The van der Waals surface area contributed by atoms with Crippen LogP contribution in [0.15, 0.2) is 36.4 Å². The third-order valence-electron chi connectivity index (χ3n) is 5.42. The van der Waals surface area contributed by atoms with Gasteiger partial charge in [-0.05, 0) is 55.2 Å². The van der Waals surface area contributed by atoms with Crippen molar-refractivity contribution in [3.05, 3.63) is 57.6 Å². The molecule has 0 spiro atoms. The lowest BCUT2D eigenvalue weighted by Gasteiger charge is -2.29. The van der Waals surface area contributed by atoms with Crippen molar-refractivity contribution >= 4 is 35.0 Å². The van der Waals surface area contributed by atoms with Crippen LogP contribution >= 0.6 is 23.2 Å². The summed E-state index contributed by atoms with van der Waals surface area (Å²) in [6, 6.07) is 10.2. The summed E-state index contributed by atoms with van der Waals surface area (Å²) in [6.45, 7) is 4.81. The van der Waals surface area contributed by atoms with Gasteiger partial charge in [-0.3, -0.25) is 9.59 Å². The number of rotatable bonds is 10. The van der Waals surface area contributed by atoms with Crippen LogP contribution in [-0.2, 0) is 22.6 Å². The van der Waals surface area contributed by atoms with E-state index in [9.17, 15) is 9.59 Å². The Morgan fingerprint density at radius 2 is 1.91 bits per heavy atom. The van der Waals surface area contributed by atoms with E-state index in [0.29, 0.717) is 34.5 Å². The maximum Gasteiger partial charge on any atom is 0.242 e. The summed E-state index contributed by atoms with van der Waals surface area (Å²) in [5.74, 6) is 1.08. The first-order valence-corrected chi connectivity index (χ1v) is 11.5. The van der Waals surface area contributed by atoms with Gasteiger partial charge in [0.2, 0.25) is 18.6 Å². The zero-order chi connectivity index (χ0) is 23.1. The average molecular weight is 479 g/mol. The van der Waals surface area contributed by atoms with Crippen molar-refractivity contribution in [1.29, 1.82) is 0 Å². The van der Waals surface area contributed by atoms with E-state index in [1.165, 1.54) is 0 Å². The van der Waals surface area contributed by atoms with E-state index in [4.69, 9.17) is 32.7 Å². The molecule has 2 amide bonds. The molecular weight excluding hydrogens is 451 g/mol. The standard InChI is InChI=1S/C24H28Cl2N2O4/c1-3-4-11-27-24(30)16(2)28(14-18-7-8-19(25)13-20(18)26)23(29)10-6-17-5-9-21-22(12-17)32-15-31-21/h5,7-9,12-13,16H,3-4,6,10-11,14-15H2,1-2H3,(H,27,30). The number of nitrogens with zero attached hydrogens (tertiary/aromatic N) is 1. The molecule has 0 saturated heterocycles. The highest BCUT2D eigenvalue weighted by Gasteiger charge is 2.26. The van der Waals surface area contributed by atoms with Crippen molar-refractivity contribution in [3.8, 4) is 11.5 Å². The lowest BCUT2D eigenvalue weighted by Crippen LogP contribution is -2.47. The van der Waals surface area contributed by atoms with Crippen LogP contribution in [-0.4, -0.2) is 36.1 Å². The fraction of sp³-hybridized carbons (Fsp3) is 0.417. The second-order valence-corrected chi connectivity index (χ2v) is 8.61. The zero-order valence-electron chi connectivity index (χ0n) is 18.3. The average Bonchev–Trinajstić information content (AvgIpc) is 3.24. The molecule has 2 aromatic carbocycles. The molecule has 1 aliphatic heterocycles. The Kier molecular flexibility index (Phi) is 8.65. The quantitative estimate of drug-likeness (QED) is 0.488. The molecule has 1 unspecified atom stereocenters. The lowest BCUT2D eigenvalue weighted by molar-refractivity contribution is -0.140. The molecule has 1 atom stereocenters. The second kappa shape index (κ2) is 11.4. The van der Waals surface area contributed by atoms with E-state index in [1.54, 1.807) is 30.0 Å². The summed E-state index contributed by atoms with van der Waals surface area (Å²) in [4.78, 5) is 27.5. The molecule has 0 radical (unpaired) electrons. The van der Waals surface area contributed by atoms with E-state index < -0.39 is 6.04 Å². The number of hydrogen-bond donors (Lipinski definition) is 1. The van der Waals surface area contributed by atoms with Crippen molar-refractivity contribution in [2.24, 2.45) is 0 Å². The lowest BCUT2D eigenvalue weighted by atomic mass is 10.1. The van der Waals surface area contributed by atoms with Gasteiger partial charge in [0.1, 0.15) is 6.04 Å². The van der Waals surface area contributed by atoms with E-state index in [0.717, 1.165) is 24.0 Å². The Morgan fingerprint density at radius 1 is 1.12 bits per heavy atom. The number of unbranched alkanes of at least 4 members (excludes halogenated alkanes) is 1. The highest BCUT2D eigenvalue weighted by Crippen LogP contribution is 2.33. The number of hydrogen-bond acceptors (Lipinski definition) is 4. The summed E-state index contributed by atoms with van der Waals surface area (Å²) in [5.41, 5.74) is 1.70. The van der Waals surface area contributed by atoms with Gasteiger partial charge in [-0.2, -0.15) is 0 Å². The van der Waals surface area contributed by atoms with Crippen LogP contribution < -0.4 is 14.8 Å². The minimum atomic E-state index is -0.636. The first-order chi connectivity index (χ1) is 15.4. The first kappa shape index (κ1) is 24.2. The van der Waals surface area contributed by atoms with Crippen molar-refractivity contribution in [2.45, 2.75) is 52.1 Å². The highest BCUT2D eigenvalue weighted by atomic mass is 35.5. The molecule has 32 heavy (non-hydrogen) atoms. The van der Waals surface area contributed by atoms with Crippen LogP contribution in [0.1, 0.15) is 44.2 Å². The summed E-state index contributed by atoms with van der Waals surface area (Å²) in [7, 11) is 0. The first-order valence-electron chi connectivity index (χ1n) is 10.8. The molecule has 0 bridgehead atoms. The summed E-state index contributed by atoms with van der Waals surface area (Å²) in [6.07, 6.45) is 2.63. The Balaban J connectivity index is 1.72. The summed E-state index contributed by atoms with van der Waals surface area (Å²) < 4.78 is 10.8.